The van der Waals surface area contributed by atoms with Crippen molar-refractivity contribution < 1.29 is 14.3 Å². The second-order valence-corrected chi connectivity index (χ2v) is 4.43. The fraction of sp³-hybridized carbons (Fsp3) is 0.385. The lowest BCUT2D eigenvalue weighted by Crippen LogP contribution is -2.48. The van der Waals surface area contributed by atoms with Gasteiger partial charge in [-0.1, -0.05) is 0 Å². The van der Waals surface area contributed by atoms with Gasteiger partial charge < -0.3 is 10.0 Å². The summed E-state index contributed by atoms with van der Waals surface area (Å²) in [5, 5.41) is 17.4. The van der Waals surface area contributed by atoms with E-state index in [2.05, 4.69) is 0 Å². The van der Waals surface area contributed by atoms with Crippen molar-refractivity contribution in [1.82, 2.24) is 4.90 Å². The number of hydrogen-bond acceptors (Lipinski definition) is 4. The monoisotopic (exact) mass is 263 g/mol. The van der Waals surface area contributed by atoms with Crippen molar-refractivity contribution >= 4 is 11.7 Å². The van der Waals surface area contributed by atoms with Gasteiger partial charge in [-0.15, -0.1) is 0 Å². The fourth-order valence-electron chi connectivity index (χ4n) is 2.17. The van der Waals surface area contributed by atoms with E-state index in [1.807, 2.05) is 15.9 Å². The van der Waals surface area contributed by atoms with Gasteiger partial charge in [0.1, 0.15) is 5.82 Å². The number of carboxylic acids is 1. The Bertz CT molecular complexity index is 519. The Balaban J connectivity index is 2.02. The summed E-state index contributed by atoms with van der Waals surface area (Å²) >= 11 is 0. The van der Waals surface area contributed by atoms with Crippen LogP contribution in [0.2, 0.25) is 0 Å². The SMILES string of the molecule is N#Cc1ccc(N2CCN(CC(=O)O)CC2)c(F)c1. The Hall–Kier alpha value is -2.13. The lowest BCUT2D eigenvalue weighted by molar-refractivity contribution is -0.138. The van der Waals surface area contributed by atoms with Crippen LogP contribution in [0, 0.1) is 17.1 Å². The van der Waals surface area contributed by atoms with Gasteiger partial charge in [-0.25, -0.2) is 4.39 Å². The molecule has 0 atom stereocenters. The summed E-state index contributed by atoms with van der Waals surface area (Å²) in [6.07, 6.45) is 0. The van der Waals surface area contributed by atoms with Crippen LogP contribution in [0.4, 0.5) is 10.1 Å². The van der Waals surface area contributed by atoms with Crippen LogP contribution in [0.3, 0.4) is 0 Å². The Labute approximate surface area is 110 Å². The van der Waals surface area contributed by atoms with Gasteiger partial charge in [0, 0.05) is 26.2 Å². The third kappa shape index (κ3) is 3.20. The van der Waals surface area contributed by atoms with Crippen molar-refractivity contribution in [2.45, 2.75) is 0 Å². The number of nitrogens with zero attached hydrogens (tertiary/aromatic N) is 3. The van der Waals surface area contributed by atoms with Gasteiger partial charge in [-0.3, -0.25) is 9.69 Å². The number of rotatable bonds is 3. The van der Waals surface area contributed by atoms with E-state index in [0.29, 0.717) is 37.4 Å². The Morgan fingerprint density at radius 1 is 1.37 bits per heavy atom. The summed E-state index contributed by atoms with van der Waals surface area (Å²) in [4.78, 5) is 14.3. The van der Waals surface area contributed by atoms with Gasteiger partial charge >= 0.3 is 5.97 Å². The molecule has 1 aliphatic rings. The minimum Gasteiger partial charge on any atom is -0.480 e. The molecule has 0 radical (unpaired) electrons. The second kappa shape index (κ2) is 5.67. The molecule has 1 aromatic rings. The molecule has 0 bridgehead atoms. The molecule has 1 aliphatic heterocycles. The molecule has 2 rings (SSSR count). The van der Waals surface area contributed by atoms with Crippen LogP contribution in [0.25, 0.3) is 0 Å². The minimum absolute atomic E-state index is 0.0176. The highest BCUT2D eigenvalue weighted by molar-refractivity contribution is 5.69. The maximum atomic E-state index is 13.8. The van der Waals surface area contributed by atoms with Gasteiger partial charge in [0.15, 0.2) is 0 Å². The molecule has 5 nitrogen and oxygen atoms in total. The predicted molar refractivity (Wildman–Crippen MR) is 67.4 cm³/mol. The van der Waals surface area contributed by atoms with Crippen LogP contribution in [0.5, 0.6) is 0 Å². The summed E-state index contributed by atoms with van der Waals surface area (Å²) in [7, 11) is 0. The van der Waals surface area contributed by atoms with Gasteiger partial charge in [-0.05, 0) is 18.2 Å². The zero-order valence-corrected chi connectivity index (χ0v) is 10.3. The fourth-order valence-corrected chi connectivity index (χ4v) is 2.17. The van der Waals surface area contributed by atoms with Gasteiger partial charge in [0.05, 0.1) is 23.9 Å². The summed E-state index contributed by atoms with van der Waals surface area (Å²) < 4.78 is 13.8. The molecule has 0 spiro atoms. The maximum absolute atomic E-state index is 13.8. The smallest absolute Gasteiger partial charge is 0.317 e. The van der Waals surface area contributed by atoms with Crippen molar-refractivity contribution in [1.29, 1.82) is 5.26 Å². The van der Waals surface area contributed by atoms with E-state index in [9.17, 15) is 9.18 Å². The first-order valence-corrected chi connectivity index (χ1v) is 5.99. The van der Waals surface area contributed by atoms with Crippen LogP contribution in [0.15, 0.2) is 18.2 Å². The van der Waals surface area contributed by atoms with E-state index in [1.165, 1.54) is 6.07 Å². The number of nitriles is 1. The minimum atomic E-state index is -0.849. The van der Waals surface area contributed by atoms with Crippen molar-refractivity contribution in [2.24, 2.45) is 0 Å². The quantitative estimate of drug-likeness (QED) is 0.877. The van der Waals surface area contributed by atoms with Crippen LogP contribution >= 0.6 is 0 Å². The highest BCUT2D eigenvalue weighted by Gasteiger charge is 2.20. The number of carbonyl (C=O) groups is 1. The molecule has 1 aromatic carbocycles. The standard InChI is InChI=1S/C13H14FN3O2/c14-11-7-10(8-15)1-2-12(11)17-5-3-16(4-6-17)9-13(18)19/h1-2,7H,3-6,9H2,(H,18,19). The van der Waals surface area contributed by atoms with E-state index < -0.39 is 11.8 Å². The summed E-state index contributed by atoms with van der Waals surface area (Å²) in [6.45, 7) is 2.35. The zero-order chi connectivity index (χ0) is 13.8. The van der Waals surface area contributed by atoms with Crippen LogP contribution in [0.1, 0.15) is 5.56 Å². The molecule has 1 saturated heterocycles. The molecule has 0 amide bonds. The molecule has 1 fully saturated rings. The summed E-state index contributed by atoms with van der Waals surface area (Å²) in [5.74, 6) is -1.26. The normalized spacial score (nSPS) is 16.1. The largest absolute Gasteiger partial charge is 0.480 e. The van der Waals surface area contributed by atoms with E-state index in [0.717, 1.165) is 0 Å². The average Bonchev–Trinajstić information content (AvgIpc) is 2.39. The Morgan fingerprint density at radius 3 is 2.58 bits per heavy atom. The molecule has 0 aliphatic carbocycles. The van der Waals surface area contributed by atoms with E-state index in [4.69, 9.17) is 10.4 Å². The Kier molecular flexibility index (Phi) is 3.97. The van der Waals surface area contributed by atoms with Gasteiger partial charge in [-0.2, -0.15) is 5.26 Å². The Morgan fingerprint density at radius 2 is 2.05 bits per heavy atom. The first-order chi connectivity index (χ1) is 9.10. The average molecular weight is 263 g/mol. The highest BCUT2D eigenvalue weighted by atomic mass is 19.1. The first kappa shape index (κ1) is 13.3. The van der Waals surface area contributed by atoms with Gasteiger partial charge in [0.25, 0.3) is 0 Å². The number of piperazine rings is 1. The van der Waals surface area contributed by atoms with Crippen LogP contribution in [-0.2, 0) is 4.79 Å². The summed E-state index contributed by atoms with van der Waals surface area (Å²) in [6, 6.07) is 6.30. The molecule has 0 unspecified atom stereocenters. The van der Waals surface area contributed by atoms with Crippen molar-refractivity contribution in [3.05, 3.63) is 29.6 Å². The molecule has 0 aromatic heterocycles. The molecule has 6 heteroatoms. The van der Waals surface area contributed by atoms with E-state index in [1.54, 1.807) is 12.1 Å². The topological polar surface area (TPSA) is 67.6 Å². The van der Waals surface area contributed by atoms with E-state index >= 15 is 0 Å². The number of hydrogen-bond donors (Lipinski definition) is 1. The first-order valence-electron chi connectivity index (χ1n) is 5.99. The summed E-state index contributed by atoms with van der Waals surface area (Å²) in [5.41, 5.74) is 0.764. The number of anilines is 1. The molecular formula is C13H14FN3O2. The predicted octanol–water partition coefficient (Wildman–Crippen LogP) is 0.904. The van der Waals surface area contributed by atoms with Crippen LogP contribution in [-0.4, -0.2) is 48.7 Å². The third-order valence-corrected chi connectivity index (χ3v) is 3.15. The van der Waals surface area contributed by atoms with Crippen LogP contribution < -0.4 is 4.90 Å². The molecule has 19 heavy (non-hydrogen) atoms. The molecule has 100 valence electrons. The van der Waals surface area contributed by atoms with Crippen molar-refractivity contribution in [2.75, 3.05) is 37.6 Å². The zero-order valence-electron chi connectivity index (χ0n) is 10.3. The molecule has 1 N–H and O–H groups in total. The molecular weight excluding hydrogens is 249 g/mol. The molecule has 1 heterocycles. The third-order valence-electron chi connectivity index (χ3n) is 3.15. The van der Waals surface area contributed by atoms with E-state index in [-0.39, 0.29) is 6.54 Å². The maximum Gasteiger partial charge on any atom is 0.317 e. The van der Waals surface area contributed by atoms with Gasteiger partial charge in [0.2, 0.25) is 0 Å². The van der Waals surface area contributed by atoms with Crippen molar-refractivity contribution in [3.63, 3.8) is 0 Å². The second-order valence-electron chi connectivity index (χ2n) is 4.43. The number of carboxylic acid groups (broad SMARTS) is 1. The number of halogens is 1. The van der Waals surface area contributed by atoms with Crippen molar-refractivity contribution in [3.8, 4) is 6.07 Å². The number of benzene rings is 1. The highest BCUT2D eigenvalue weighted by Crippen LogP contribution is 2.21. The lowest BCUT2D eigenvalue weighted by atomic mass is 10.2. The molecule has 0 saturated carbocycles. The lowest BCUT2D eigenvalue weighted by Gasteiger charge is -2.35. The number of aliphatic carboxylic acids is 1.